The third kappa shape index (κ3) is 1.68. The molecule has 1 heteroatoms. The van der Waals surface area contributed by atoms with Crippen LogP contribution < -0.4 is 0 Å². The summed E-state index contributed by atoms with van der Waals surface area (Å²) in [6.45, 7) is 0. The second-order valence-corrected chi connectivity index (χ2v) is 4.89. The Morgan fingerprint density at radius 3 is 1.45 bits per heavy atom. The van der Waals surface area contributed by atoms with E-state index >= 15 is 0 Å². The van der Waals surface area contributed by atoms with Crippen molar-refractivity contribution >= 4 is 11.4 Å². The van der Waals surface area contributed by atoms with Crippen LogP contribution in [0.15, 0.2) is 83.9 Å². The highest BCUT2D eigenvalue weighted by Gasteiger charge is 2.23. The lowest BCUT2D eigenvalue weighted by Gasteiger charge is -2.01. The van der Waals surface area contributed by atoms with Crippen molar-refractivity contribution in [2.75, 3.05) is 0 Å². The van der Waals surface area contributed by atoms with Gasteiger partial charge in [0.05, 0.1) is 11.4 Å². The van der Waals surface area contributed by atoms with E-state index in [4.69, 9.17) is 4.99 Å². The summed E-state index contributed by atoms with van der Waals surface area (Å²) in [6.07, 6.45) is 0. The number of benzene rings is 3. The average Bonchev–Trinajstić information content (AvgIpc) is 2.84. The molecule has 0 atom stereocenters. The average molecular weight is 255 g/mol. The molecule has 0 unspecified atom stereocenters. The Morgan fingerprint density at radius 1 is 0.450 bits per heavy atom. The molecule has 4 rings (SSSR count). The van der Waals surface area contributed by atoms with Crippen LogP contribution in [-0.2, 0) is 0 Å². The predicted molar refractivity (Wildman–Crippen MR) is 83.6 cm³/mol. The summed E-state index contributed by atoms with van der Waals surface area (Å²) in [7, 11) is 0. The van der Waals surface area contributed by atoms with Crippen molar-refractivity contribution in [1.29, 1.82) is 0 Å². The molecule has 0 fully saturated rings. The minimum absolute atomic E-state index is 0.994. The van der Waals surface area contributed by atoms with Crippen molar-refractivity contribution < 1.29 is 0 Å². The third-order valence-corrected chi connectivity index (χ3v) is 3.65. The van der Waals surface area contributed by atoms with Gasteiger partial charge in [-0.15, -0.1) is 0 Å². The van der Waals surface area contributed by atoms with Crippen LogP contribution >= 0.6 is 0 Å². The monoisotopic (exact) mass is 255 g/mol. The third-order valence-electron chi connectivity index (χ3n) is 3.65. The number of nitrogens with zero attached hydrogens (tertiary/aromatic N) is 1. The van der Waals surface area contributed by atoms with E-state index in [2.05, 4.69) is 48.5 Å². The number of hydrogen-bond donors (Lipinski definition) is 0. The maximum Gasteiger partial charge on any atom is 0.0794 e. The van der Waals surface area contributed by atoms with E-state index in [1.807, 2.05) is 30.3 Å². The molecule has 0 radical (unpaired) electrons. The maximum atomic E-state index is 4.86. The van der Waals surface area contributed by atoms with Gasteiger partial charge in [-0.25, -0.2) is 4.99 Å². The molecule has 3 aromatic carbocycles. The highest BCUT2D eigenvalue weighted by molar-refractivity contribution is 6.25. The molecule has 0 aromatic heterocycles. The molecule has 0 heterocycles. The van der Waals surface area contributed by atoms with Gasteiger partial charge in [-0.1, -0.05) is 66.7 Å². The van der Waals surface area contributed by atoms with Crippen molar-refractivity contribution in [2.45, 2.75) is 0 Å². The summed E-state index contributed by atoms with van der Waals surface area (Å²) in [6, 6.07) is 27.1. The Labute approximate surface area is 118 Å². The first-order valence-corrected chi connectivity index (χ1v) is 6.76. The summed E-state index contributed by atoms with van der Waals surface area (Å²) in [5.41, 5.74) is 7.06. The number of hydrogen-bond acceptors (Lipinski definition) is 1. The summed E-state index contributed by atoms with van der Waals surface area (Å²) in [5.74, 6) is 0. The van der Waals surface area contributed by atoms with E-state index in [1.165, 1.54) is 22.3 Å². The second-order valence-electron chi connectivity index (χ2n) is 4.89. The van der Waals surface area contributed by atoms with Crippen LogP contribution in [0.1, 0.15) is 11.1 Å². The van der Waals surface area contributed by atoms with Crippen LogP contribution in [-0.4, -0.2) is 5.71 Å². The van der Waals surface area contributed by atoms with E-state index in [1.54, 1.807) is 0 Å². The van der Waals surface area contributed by atoms with Crippen LogP contribution in [0, 0.1) is 0 Å². The van der Waals surface area contributed by atoms with E-state index in [9.17, 15) is 0 Å². The van der Waals surface area contributed by atoms with Crippen molar-refractivity contribution in [3.63, 3.8) is 0 Å². The summed E-state index contributed by atoms with van der Waals surface area (Å²) in [5, 5.41) is 0. The molecule has 20 heavy (non-hydrogen) atoms. The molecule has 0 amide bonds. The van der Waals surface area contributed by atoms with Crippen LogP contribution in [0.3, 0.4) is 0 Å². The number of rotatable bonds is 1. The van der Waals surface area contributed by atoms with Gasteiger partial charge in [-0.2, -0.15) is 0 Å². The Hall–Kier alpha value is -2.67. The van der Waals surface area contributed by atoms with E-state index in [0.717, 1.165) is 11.4 Å². The van der Waals surface area contributed by atoms with Crippen molar-refractivity contribution in [3.05, 3.63) is 90.0 Å². The fourth-order valence-electron chi connectivity index (χ4n) is 2.75. The van der Waals surface area contributed by atoms with Gasteiger partial charge in [0.1, 0.15) is 0 Å². The van der Waals surface area contributed by atoms with Crippen LogP contribution in [0.25, 0.3) is 11.1 Å². The van der Waals surface area contributed by atoms with Gasteiger partial charge < -0.3 is 0 Å². The highest BCUT2D eigenvalue weighted by atomic mass is 14.8. The van der Waals surface area contributed by atoms with Crippen LogP contribution in [0.5, 0.6) is 0 Å². The smallest absolute Gasteiger partial charge is 0.0794 e. The second kappa shape index (κ2) is 4.46. The molecule has 1 nitrogen and oxygen atoms in total. The zero-order valence-electron chi connectivity index (χ0n) is 11.0. The first-order valence-electron chi connectivity index (χ1n) is 6.76. The number of para-hydroxylation sites is 1. The summed E-state index contributed by atoms with van der Waals surface area (Å²) in [4.78, 5) is 4.86. The Balaban J connectivity index is 1.99. The molecule has 0 spiro atoms. The molecule has 0 bridgehead atoms. The van der Waals surface area contributed by atoms with Gasteiger partial charge in [0, 0.05) is 11.1 Å². The molecule has 0 N–H and O–H groups in total. The molecule has 0 saturated heterocycles. The Kier molecular flexibility index (Phi) is 2.49. The number of aliphatic imine (C=N–C) groups is 1. The molecule has 0 saturated carbocycles. The maximum absolute atomic E-state index is 4.86. The predicted octanol–water partition coefficient (Wildman–Crippen LogP) is 4.84. The number of fused-ring (bicyclic) bond motifs is 3. The fraction of sp³-hybridized carbons (Fsp3) is 0. The van der Waals surface area contributed by atoms with Crippen molar-refractivity contribution in [3.8, 4) is 11.1 Å². The minimum atomic E-state index is 0.994. The molecule has 3 aromatic rings. The summed E-state index contributed by atoms with van der Waals surface area (Å²) < 4.78 is 0. The van der Waals surface area contributed by atoms with E-state index in [-0.39, 0.29) is 0 Å². The Bertz CT molecular complexity index is 753. The topological polar surface area (TPSA) is 12.4 Å². The van der Waals surface area contributed by atoms with Gasteiger partial charge in [-0.05, 0) is 23.3 Å². The lowest BCUT2D eigenvalue weighted by molar-refractivity contribution is 1.50. The Morgan fingerprint density at radius 2 is 0.900 bits per heavy atom. The zero-order chi connectivity index (χ0) is 13.4. The normalized spacial score (nSPS) is 11.9. The van der Waals surface area contributed by atoms with Crippen molar-refractivity contribution in [1.82, 2.24) is 0 Å². The summed E-state index contributed by atoms with van der Waals surface area (Å²) >= 11 is 0. The van der Waals surface area contributed by atoms with Crippen molar-refractivity contribution in [2.24, 2.45) is 4.99 Å². The van der Waals surface area contributed by atoms with Gasteiger partial charge in [0.15, 0.2) is 0 Å². The standard InChI is InChI=1S/C19H13N/c1-2-8-14(9-3-1)20-19-17-12-6-4-10-15(17)16-11-5-7-13-18(16)19/h1-13H. The highest BCUT2D eigenvalue weighted by Crippen LogP contribution is 2.37. The molecule has 0 aliphatic heterocycles. The lowest BCUT2D eigenvalue weighted by atomic mass is 10.1. The van der Waals surface area contributed by atoms with Crippen LogP contribution in [0.4, 0.5) is 5.69 Å². The van der Waals surface area contributed by atoms with Gasteiger partial charge >= 0.3 is 0 Å². The zero-order valence-corrected chi connectivity index (χ0v) is 11.0. The largest absolute Gasteiger partial charge is 0.248 e. The van der Waals surface area contributed by atoms with Crippen LogP contribution in [0.2, 0.25) is 0 Å². The molecule has 1 aliphatic rings. The van der Waals surface area contributed by atoms with Gasteiger partial charge in [0.25, 0.3) is 0 Å². The van der Waals surface area contributed by atoms with E-state index < -0.39 is 0 Å². The first kappa shape index (κ1) is 11.2. The quantitative estimate of drug-likeness (QED) is 0.461. The lowest BCUT2D eigenvalue weighted by Crippen LogP contribution is -1.96. The molecular formula is C19H13N. The minimum Gasteiger partial charge on any atom is -0.248 e. The van der Waals surface area contributed by atoms with E-state index in [0.29, 0.717) is 0 Å². The SMILES string of the molecule is c1ccc(N=C2c3ccccc3-c3ccccc32)cc1. The molecule has 1 aliphatic carbocycles. The first-order chi connectivity index (χ1) is 9.93. The fourth-order valence-corrected chi connectivity index (χ4v) is 2.75. The molecular weight excluding hydrogens is 242 g/mol. The van der Waals surface area contributed by atoms with Gasteiger partial charge in [-0.3, -0.25) is 0 Å². The van der Waals surface area contributed by atoms with Gasteiger partial charge in [0.2, 0.25) is 0 Å². The molecule has 94 valence electrons.